The van der Waals surface area contributed by atoms with E-state index in [-0.39, 0.29) is 18.3 Å². The highest BCUT2D eigenvalue weighted by atomic mass is 35.5. The largest absolute Gasteiger partial charge is 0.383 e. The monoisotopic (exact) mass is 340 g/mol. The van der Waals surface area contributed by atoms with E-state index in [1.807, 2.05) is 12.1 Å². The molecule has 2 N–H and O–H groups in total. The van der Waals surface area contributed by atoms with Gasteiger partial charge in [0.15, 0.2) is 0 Å². The van der Waals surface area contributed by atoms with Gasteiger partial charge in [-0.2, -0.15) is 0 Å². The first-order chi connectivity index (χ1) is 9.11. The van der Waals surface area contributed by atoms with E-state index in [2.05, 4.69) is 10.6 Å². The molecule has 0 heterocycles. The molecule has 0 spiro atoms. The first kappa shape index (κ1) is 19.5. The number of benzene rings is 1. The summed E-state index contributed by atoms with van der Waals surface area (Å²) >= 11 is 11.8. The van der Waals surface area contributed by atoms with Gasteiger partial charge in [0.2, 0.25) is 5.91 Å². The van der Waals surface area contributed by atoms with Crippen molar-refractivity contribution in [3.8, 4) is 0 Å². The van der Waals surface area contributed by atoms with Crippen LogP contribution in [0, 0.1) is 0 Å². The Morgan fingerprint density at radius 2 is 1.85 bits per heavy atom. The third-order valence-electron chi connectivity index (χ3n) is 2.43. The Hall–Kier alpha value is -0.520. The van der Waals surface area contributed by atoms with E-state index in [9.17, 15) is 4.79 Å². The standard InChI is InChI=1S/C13H18Cl2N2O2.ClH/c1-19-5-4-16-9-13(18)17-3-2-10-6-11(14)8-12(15)7-10;/h6-8,16H,2-5,9H2,1H3,(H,17,18);1H. The molecule has 0 aliphatic rings. The molecular weight excluding hydrogens is 323 g/mol. The minimum Gasteiger partial charge on any atom is -0.383 e. The van der Waals surface area contributed by atoms with Crippen LogP contribution < -0.4 is 10.6 Å². The van der Waals surface area contributed by atoms with Crippen molar-refractivity contribution in [1.82, 2.24) is 10.6 Å². The maximum Gasteiger partial charge on any atom is 0.233 e. The van der Waals surface area contributed by atoms with E-state index in [0.29, 0.717) is 42.7 Å². The number of nitrogens with one attached hydrogen (secondary N) is 2. The highest BCUT2D eigenvalue weighted by Gasteiger charge is 2.01. The second kappa shape index (κ2) is 11.2. The molecule has 1 rings (SSSR count). The summed E-state index contributed by atoms with van der Waals surface area (Å²) in [5.41, 5.74) is 1.00. The van der Waals surface area contributed by atoms with Gasteiger partial charge in [0.1, 0.15) is 0 Å². The summed E-state index contributed by atoms with van der Waals surface area (Å²) < 4.78 is 4.87. The summed E-state index contributed by atoms with van der Waals surface area (Å²) in [4.78, 5) is 11.5. The smallest absolute Gasteiger partial charge is 0.233 e. The van der Waals surface area contributed by atoms with Crippen LogP contribution in [0.15, 0.2) is 18.2 Å². The number of hydrogen-bond donors (Lipinski definition) is 2. The van der Waals surface area contributed by atoms with Gasteiger partial charge in [0.25, 0.3) is 0 Å². The number of ether oxygens (including phenoxy) is 1. The lowest BCUT2D eigenvalue weighted by atomic mass is 10.1. The number of halogens is 3. The molecule has 0 bridgehead atoms. The third-order valence-corrected chi connectivity index (χ3v) is 2.86. The molecular formula is C13H19Cl3N2O2. The first-order valence-corrected chi connectivity index (χ1v) is 6.78. The average Bonchev–Trinajstić information content (AvgIpc) is 2.33. The fourth-order valence-corrected chi connectivity index (χ4v) is 2.11. The summed E-state index contributed by atoms with van der Waals surface area (Å²) in [5, 5.41) is 7.01. The Morgan fingerprint density at radius 1 is 1.20 bits per heavy atom. The average molecular weight is 342 g/mol. The molecule has 1 amide bonds. The molecule has 0 saturated carbocycles. The van der Waals surface area contributed by atoms with Gasteiger partial charge >= 0.3 is 0 Å². The van der Waals surface area contributed by atoms with Crippen molar-refractivity contribution in [3.05, 3.63) is 33.8 Å². The Labute approximate surface area is 135 Å². The van der Waals surface area contributed by atoms with Crippen molar-refractivity contribution in [3.63, 3.8) is 0 Å². The lowest BCUT2D eigenvalue weighted by Crippen LogP contribution is -2.36. The van der Waals surface area contributed by atoms with Gasteiger partial charge in [-0.25, -0.2) is 0 Å². The number of carbonyl (C=O) groups excluding carboxylic acids is 1. The van der Waals surface area contributed by atoms with E-state index in [4.69, 9.17) is 27.9 Å². The molecule has 0 atom stereocenters. The van der Waals surface area contributed by atoms with Crippen LogP contribution in [-0.4, -0.2) is 39.3 Å². The van der Waals surface area contributed by atoms with Gasteiger partial charge in [0, 0.05) is 30.2 Å². The van der Waals surface area contributed by atoms with Crippen LogP contribution in [0.2, 0.25) is 10.0 Å². The van der Waals surface area contributed by atoms with E-state index in [0.717, 1.165) is 5.56 Å². The Balaban J connectivity index is 0.00000361. The number of hydrogen-bond acceptors (Lipinski definition) is 3. The van der Waals surface area contributed by atoms with Gasteiger partial charge < -0.3 is 15.4 Å². The fourth-order valence-electron chi connectivity index (χ4n) is 1.54. The minimum atomic E-state index is -0.0378. The van der Waals surface area contributed by atoms with E-state index in [1.54, 1.807) is 13.2 Å². The number of amides is 1. The zero-order valence-electron chi connectivity index (χ0n) is 11.2. The van der Waals surface area contributed by atoms with E-state index < -0.39 is 0 Å². The number of carbonyl (C=O) groups is 1. The zero-order chi connectivity index (χ0) is 14.1. The fraction of sp³-hybridized carbons (Fsp3) is 0.462. The molecule has 1 aromatic carbocycles. The molecule has 0 fully saturated rings. The van der Waals surface area contributed by atoms with Crippen LogP contribution in [0.5, 0.6) is 0 Å². The van der Waals surface area contributed by atoms with Crippen LogP contribution in [0.1, 0.15) is 5.56 Å². The topological polar surface area (TPSA) is 50.4 Å². The summed E-state index contributed by atoms with van der Waals surface area (Å²) in [7, 11) is 1.62. The van der Waals surface area contributed by atoms with Gasteiger partial charge in [0.05, 0.1) is 13.2 Å². The second-order valence-electron chi connectivity index (χ2n) is 4.05. The van der Waals surface area contributed by atoms with Crippen LogP contribution in [0.4, 0.5) is 0 Å². The molecule has 0 aliphatic carbocycles. The Morgan fingerprint density at radius 3 is 2.45 bits per heavy atom. The van der Waals surface area contributed by atoms with Gasteiger partial charge in [-0.05, 0) is 30.2 Å². The van der Waals surface area contributed by atoms with Gasteiger partial charge in [-0.15, -0.1) is 12.4 Å². The first-order valence-electron chi connectivity index (χ1n) is 6.03. The van der Waals surface area contributed by atoms with Gasteiger partial charge in [-0.1, -0.05) is 23.2 Å². The SMILES string of the molecule is COCCNCC(=O)NCCc1cc(Cl)cc(Cl)c1.Cl. The molecule has 0 radical (unpaired) electrons. The second-order valence-corrected chi connectivity index (χ2v) is 4.92. The van der Waals surface area contributed by atoms with Crippen LogP contribution in [0.3, 0.4) is 0 Å². The van der Waals surface area contributed by atoms with Crippen molar-refractivity contribution in [2.24, 2.45) is 0 Å². The maximum absolute atomic E-state index is 11.5. The molecule has 1 aromatic rings. The lowest BCUT2D eigenvalue weighted by Gasteiger charge is -2.07. The number of rotatable bonds is 8. The third kappa shape index (κ3) is 8.61. The molecule has 114 valence electrons. The van der Waals surface area contributed by atoms with Gasteiger partial charge in [-0.3, -0.25) is 4.79 Å². The van der Waals surface area contributed by atoms with E-state index in [1.165, 1.54) is 0 Å². The molecule has 0 unspecified atom stereocenters. The molecule has 0 aromatic heterocycles. The normalized spacial score (nSPS) is 9.95. The molecule has 0 saturated heterocycles. The number of methoxy groups -OCH3 is 1. The Kier molecular flexibility index (Phi) is 10.9. The van der Waals surface area contributed by atoms with Crippen molar-refractivity contribution in [2.45, 2.75) is 6.42 Å². The van der Waals surface area contributed by atoms with Crippen LogP contribution in [-0.2, 0) is 16.0 Å². The van der Waals surface area contributed by atoms with Crippen LogP contribution in [0.25, 0.3) is 0 Å². The molecule has 0 aliphatic heterocycles. The molecule has 4 nitrogen and oxygen atoms in total. The van der Waals surface area contributed by atoms with Crippen molar-refractivity contribution in [2.75, 3.05) is 33.4 Å². The Bertz CT molecular complexity index is 396. The zero-order valence-corrected chi connectivity index (χ0v) is 13.6. The maximum atomic E-state index is 11.5. The van der Waals surface area contributed by atoms with E-state index >= 15 is 0 Å². The van der Waals surface area contributed by atoms with Crippen molar-refractivity contribution in [1.29, 1.82) is 0 Å². The lowest BCUT2D eigenvalue weighted by molar-refractivity contribution is -0.120. The minimum absolute atomic E-state index is 0. The summed E-state index contributed by atoms with van der Waals surface area (Å²) in [6.07, 6.45) is 0.699. The summed E-state index contributed by atoms with van der Waals surface area (Å²) in [6.45, 7) is 2.10. The van der Waals surface area contributed by atoms with Crippen molar-refractivity contribution < 1.29 is 9.53 Å². The predicted molar refractivity (Wildman–Crippen MR) is 85.2 cm³/mol. The highest BCUT2D eigenvalue weighted by Crippen LogP contribution is 2.19. The molecule has 20 heavy (non-hydrogen) atoms. The molecule has 7 heteroatoms. The quantitative estimate of drug-likeness (QED) is 0.713. The van der Waals surface area contributed by atoms with Crippen LogP contribution >= 0.6 is 35.6 Å². The highest BCUT2D eigenvalue weighted by molar-refractivity contribution is 6.34. The predicted octanol–water partition coefficient (Wildman–Crippen LogP) is 2.31. The van der Waals surface area contributed by atoms with Crippen molar-refractivity contribution >= 4 is 41.5 Å². The summed E-state index contributed by atoms with van der Waals surface area (Å²) in [5.74, 6) is -0.0378. The summed E-state index contributed by atoms with van der Waals surface area (Å²) in [6, 6.07) is 5.37.